The average molecular weight is 392 g/mol. The van der Waals surface area contributed by atoms with Gasteiger partial charge in [-0.25, -0.2) is 0 Å². The Hall–Kier alpha value is -2.77. The van der Waals surface area contributed by atoms with Gasteiger partial charge in [0.05, 0.1) is 6.04 Å². The van der Waals surface area contributed by atoms with Crippen LogP contribution in [-0.4, -0.2) is 65.0 Å². The van der Waals surface area contributed by atoms with Crippen LogP contribution in [0, 0.1) is 0 Å². The first kappa shape index (κ1) is 19.5. The molecule has 0 spiro atoms. The first-order valence-electron chi connectivity index (χ1n) is 10.1. The topological polar surface area (TPSA) is 74.4 Å². The first-order valence-corrected chi connectivity index (χ1v) is 10.1. The predicted molar refractivity (Wildman–Crippen MR) is 118 cm³/mol. The molecule has 1 aliphatic rings. The van der Waals surface area contributed by atoms with Gasteiger partial charge in [-0.2, -0.15) is 15.0 Å². The molecule has 7 heteroatoms. The molecule has 2 heterocycles. The van der Waals surface area contributed by atoms with Crippen LogP contribution in [0.25, 0.3) is 10.8 Å². The van der Waals surface area contributed by atoms with Crippen molar-refractivity contribution in [3.63, 3.8) is 0 Å². The molecular formula is C22H29N7. The van der Waals surface area contributed by atoms with Gasteiger partial charge in [-0.05, 0) is 23.3 Å². The molecule has 0 aliphatic carbocycles. The normalized spacial score (nSPS) is 16.8. The molecule has 4 rings (SSSR count). The fraction of sp³-hybridized carbons (Fsp3) is 0.409. The number of aromatic nitrogens is 3. The third-order valence-corrected chi connectivity index (χ3v) is 5.66. The van der Waals surface area contributed by atoms with Crippen LogP contribution in [0.4, 0.5) is 11.9 Å². The van der Waals surface area contributed by atoms with E-state index in [1.54, 1.807) is 0 Å². The standard InChI is InChI=1S/C22H29N7/c1-16(20-24-21(23)26-22(25-20)27(2)3)29-13-11-28(12-14-29)15-18-9-6-8-17-7-4-5-10-19(17)18/h4-10,16H,11-15H2,1-3H3,(H2,23,24,25,26). The molecule has 1 fully saturated rings. The minimum atomic E-state index is 0.110. The molecular weight excluding hydrogens is 362 g/mol. The van der Waals surface area contributed by atoms with Crippen molar-refractivity contribution in [3.8, 4) is 0 Å². The van der Waals surface area contributed by atoms with E-state index >= 15 is 0 Å². The van der Waals surface area contributed by atoms with Crippen LogP contribution in [0.3, 0.4) is 0 Å². The summed E-state index contributed by atoms with van der Waals surface area (Å²) in [5.74, 6) is 1.62. The Balaban J connectivity index is 1.42. The lowest BCUT2D eigenvalue weighted by Gasteiger charge is -2.37. The molecule has 0 bridgehead atoms. The minimum Gasteiger partial charge on any atom is -0.368 e. The van der Waals surface area contributed by atoms with Gasteiger partial charge in [0, 0.05) is 46.8 Å². The molecule has 3 aromatic rings. The number of piperazine rings is 1. The first-order chi connectivity index (χ1) is 14.0. The Kier molecular flexibility index (Phi) is 5.60. The second-order valence-electron chi connectivity index (χ2n) is 7.87. The zero-order chi connectivity index (χ0) is 20.4. The van der Waals surface area contributed by atoms with Gasteiger partial charge in [0.15, 0.2) is 5.82 Å². The van der Waals surface area contributed by atoms with E-state index in [9.17, 15) is 0 Å². The number of nitrogens with zero attached hydrogens (tertiary/aromatic N) is 6. The maximum Gasteiger partial charge on any atom is 0.229 e. The molecule has 1 unspecified atom stereocenters. The highest BCUT2D eigenvalue weighted by Gasteiger charge is 2.25. The maximum absolute atomic E-state index is 5.90. The van der Waals surface area contributed by atoms with Gasteiger partial charge < -0.3 is 10.6 Å². The Bertz CT molecular complexity index is 975. The second-order valence-corrected chi connectivity index (χ2v) is 7.87. The van der Waals surface area contributed by atoms with E-state index in [1.807, 2.05) is 19.0 Å². The molecule has 1 aromatic heterocycles. The quantitative estimate of drug-likeness (QED) is 0.716. The zero-order valence-corrected chi connectivity index (χ0v) is 17.4. The van der Waals surface area contributed by atoms with Crippen LogP contribution in [0.15, 0.2) is 42.5 Å². The molecule has 1 atom stereocenters. The average Bonchev–Trinajstić information content (AvgIpc) is 2.73. The van der Waals surface area contributed by atoms with Crippen LogP contribution < -0.4 is 10.6 Å². The van der Waals surface area contributed by atoms with Gasteiger partial charge in [0.1, 0.15) is 0 Å². The lowest BCUT2D eigenvalue weighted by Crippen LogP contribution is -2.47. The van der Waals surface area contributed by atoms with Crippen molar-refractivity contribution in [3.05, 3.63) is 53.9 Å². The van der Waals surface area contributed by atoms with E-state index in [1.165, 1.54) is 16.3 Å². The Morgan fingerprint density at radius 2 is 1.69 bits per heavy atom. The maximum atomic E-state index is 5.90. The molecule has 2 aromatic carbocycles. The molecule has 0 radical (unpaired) electrons. The van der Waals surface area contributed by atoms with Crippen molar-refractivity contribution in [2.45, 2.75) is 19.5 Å². The summed E-state index contributed by atoms with van der Waals surface area (Å²) in [5.41, 5.74) is 7.30. The van der Waals surface area contributed by atoms with E-state index in [0.29, 0.717) is 5.95 Å². The van der Waals surface area contributed by atoms with Gasteiger partial charge in [-0.3, -0.25) is 9.80 Å². The Morgan fingerprint density at radius 3 is 2.45 bits per heavy atom. The van der Waals surface area contributed by atoms with Crippen molar-refractivity contribution in [1.29, 1.82) is 0 Å². The van der Waals surface area contributed by atoms with Crippen molar-refractivity contribution >= 4 is 22.7 Å². The summed E-state index contributed by atoms with van der Waals surface area (Å²) in [6.45, 7) is 7.13. The number of hydrogen-bond acceptors (Lipinski definition) is 7. The summed E-state index contributed by atoms with van der Waals surface area (Å²) < 4.78 is 0. The molecule has 7 nitrogen and oxygen atoms in total. The molecule has 0 amide bonds. The fourth-order valence-corrected chi connectivity index (χ4v) is 3.93. The largest absolute Gasteiger partial charge is 0.368 e. The zero-order valence-electron chi connectivity index (χ0n) is 17.4. The Morgan fingerprint density at radius 1 is 0.966 bits per heavy atom. The summed E-state index contributed by atoms with van der Waals surface area (Å²) in [6.07, 6.45) is 0. The number of hydrogen-bond donors (Lipinski definition) is 1. The van der Waals surface area contributed by atoms with Crippen LogP contribution in [0.2, 0.25) is 0 Å². The molecule has 1 saturated heterocycles. The van der Waals surface area contributed by atoms with E-state index in [0.717, 1.165) is 38.5 Å². The predicted octanol–water partition coefficient (Wildman–Crippen LogP) is 2.55. The van der Waals surface area contributed by atoms with E-state index in [2.05, 4.69) is 74.1 Å². The van der Waals surface area contributed by atoms with Crippen LogP contribution in [-0.2, 0) is 6.54 Å². The van der Waals surface area contributed by atoms with Crippen molar-refractivity contribution in [2.24, 2.45) is 0 Å². The summed E-state index contributed by atoms with van der Waals surface area (Å²) in [5, 5.41) is 2.66. The SMILES string of the molecule is CC(c1nc(N)nc(N(C)C)n1)N1CCN(Cc2cccc3ccccc23)CC1. The van der Waals surface area contributed by atoms with E-state index < -0.39 is 0 Å². The highest BCUT2D eigenvalue weighted by Crippen LogP contribution is 2.23. The number of nitrogens with two attached hydrogens (primary N) is 1. The number of fused-ring (bicyclic) bond motifs is 1. The molecule has 0 saturated carbocycles. The van der Waals surface area contributed by atoms with Crippen molar-refractivity contribution in [2.75, 3.05) is 50.9 Å². The van der Waals surface area contributed by atoms with Crippen LogP contribution in [0.5, 0.6) is 0 Å². The van der Waals surface area contributed by atoms with E-state index in [4.69, 9.17) is 5.73 Å². The van der Waals surface area contributed by atoms with Crippen LogP contribution >= 0.6 is 0 Å². The van der Waals surface area contributed by atoms with Crippen LogP contribution in [0.1, 0.15) is 24.4 Å². The second kappa shape index (κ2) is 8.31. The third-order valence-electron chi connectivity index (χ3n) is 5.66. The number of benzene rings is 2. The summed E-state index contributed by atoms with van der Waals surface area (Å²) in [6, 6.07) is 15.3. The van der Waals surface area contributed by atoms with Gasteiger partial charge >= 0.3 is 0 Å². The Labute approximate surface area is 172 Å². The monoisotopic (exact) mass is 391 g/mol. The fourth-order valence-electron chi connectivity index (χ4n) is 3.93. The highest BCUT2D eigenvalue weighted by molar-refractivity contribution is 5.85. The highest BCUT2D eigenvalue weighted by atomic mass is 15.3. The number of nitrogen functional groups attached to an aromatic ring is 1. The van der Waals surface area contributed by atoms with Gasteiger partial charge in [-0.15, -0.1) is 0 Å². The summed E-state index contributed by atoms with van der Waals surface area (Å²) in [7, 11) is 3.82. The molecule has 2 N–H and O–H groups in total. The van der Waals surface area contributed by atoms with Gasteiger partial charge in [-0.1, -0.05) is 42.5 Å². The minimum absolute atomic E-state index is 0.110. The summed E-state index contributed by atoms with van der Waals surface area (Å²) >= 11 is 0. The molecule has 152 valence electrons. The lowest BCUT2D eigenvalue weighted by atomic mass is 10.0. The smallest absolute Gasteiger partial charge is 0.229 e. The van der Waals surface area contributed by atoms with Crippen molar-refractivity contribution in [1.82, 2.24) is 24.8 Å². The molecule has 1 aliphatic heterocycles. The number of rotatable bonds is 5. The van der Waals surface area contributed by atoms with E-state index in [-0.39, 0.29) is 12.0 Å². The number of anilines is 2. The third kappa shape index (κ3) is 4.31. The molecule has 29 heavy (non-hydrogen) atoms. The van der Waals surface area contributed by atoms with Crippen molar-refractivity contribution < 1.29 is 0 Å². The summed E-state index contributed by atoms with van der Waals surface area (Å²) in [4.78, 5) is 20.0. The van der Waals surface area contributed by atoms with Gasteiger partial charge in [0.2, 0.25) is 11.9 Å². The lowest BCUT2D eigenvalue weighted by molar-refractivity contribution is 0.0950. The van der Waals surface area contributed by atoms with Gasteiger partial charge in [0.25, 0.3) is 0 Å².